The molecule has 0 aliphatic carbocycles. The van der Waals surface area contributed by atoms with Gasteiger partial charge in [-0.1, -0.05) is 0 Å². The average Bonchev–Trinajstić information content (AvgIpc) is 3.22. The second-order valence-corrected chi connectivity index (χ2v) is 6.48. The van der Waals surface area contributed by atoms with Crippen LogP contribution >= 0.6 is 0 Å². The molecule has 0 spiro atoms. The van der Waals surface area contributed by atoms with Crippen molar-refractivity contribution in [2.45, 2.75) is 18.6 Å². The number of nitrogens with zero attached hydrogens (tertiary/aromatic N) is 5. The number of imidazole rings is 1. The van der Waals surface area contributed by atoms with Crippen molar-refractivity contribution in [2.75, 3.05) is 30.4 Å². The van der Waals surface area contributed by atoms with Crippen LogP contribution in [0.1, 0.15) is 6.42 Å². The third kappa shape index (κ3) is 3.08. The Hall–Kier alpha value is -2.74. The first-order valence-electron chi connectivity index (χ1n) is 8.57. The zero-order chi connectivity index (χ0) is 18.1. The number of methoxy groups -OCH3 is 1. The number of hydrogen-bond acceptors (Lipinski definition) is 6. The molecule has 7 nitrogen and oxygen atoms in total. The maximum Gasteiger partial charge on any atom is 0.203 e. The van der Waals surface area contributed by atoms with E-state index in [1.165, 1.54) is 12.1 Å². The van der Waals surface area contributed by atoms with E-state index < -0.39 is 0 Å². The molecule has 1 aromatic carbocycles. The van der Waals surface area contributed by atoms with Gasteiger partial charge in [0.2, 0.25) is 5.95 Å². The normalized spacial score (nSPS) is 20.0. The largest absolute Gasteiger partial charge is 0.380 e. The smallest absolute Gasteiger partial charge is 0.203 e. The molecule has 8 heteroatoms. The molecule has 0 amide bonds. The summed E-state index contributed by atoms with van der Waals surface area (Å²) in [5.74, 6) is 1.34. The van der Waals surface area contributed by atoms with Gasteiger partial charge in [0, 0.05) is 33.4 Å². The number of fused-ring (bicyclic) bond motifs is 1. The molecule has 2 atom stereocenters. The van der Waals surface area contributed by atoms with Crippen LogP contribution in [0.5, 0.6) is 0 Å². The predicted molar refractivity (Wildman–Crippen MR) is 97.7 cm³/mol. The van der Waals surface area contributed by atoms with Crippen molar-refractivity contribution in [1.82, 2.24) is 19.5 Å². The number of rotatable bonds is 5. The van der Waals surface area contributed by atoms with Gasteiger partial charge >= 0.3 is 0 Å². The highest BCUT2D eigenvalue weighted by Gasteiger charge is 2.33. The first-order valence-corrected chi connectivity index (χ1v) is 8.57. The molecule has 1 N–H and O–H groups in total. The van der Waals surface area contributed by atoms with E-state index in [0.29, 0.717) is 12.5 Å². The van der Waals surface area contributed by atoms with E-state index in [0.717, 1.165) is 29.8 Å². The highest BCUT2D eigenvalue weighted by Crippen LogP contribution is 2.26. The maximum atomic E-state index is 13.5. The van der Waals surface area contributed by atoms with Crippen LogP contribution in [0.15, 0.2) is 36.8 Å². The lowest BCUT2D eigenvalue weighted by Gasteiger charge is -2.25. The van der Waals surface area contributed by atoms with Crippen LogP contribution in [0.4, 0.5) is 16.2 Å². The van der Waals surface area contributed by atoms with E-state index in [2.05, 4.69) is 25.2 Å². The predicted octanol–water partition coefficient (Wildman–Crippen LogP) is 2.21. The molecule has 0 saturated carbocycles. The highest BCUT2D eigenvalue weighted by molar-refractivity contribution is 5.78. The van der Waals surface area contributed by atoms with Gasteiger partial charge in [0.05, 0.1) is 23.2 Å². The molecule has 3 heterocycles. The van der Waals surface area contributed by atoms with Gasteiger partial charge in [0.15, 0.2) is 0 Å². The van der Waals surface area contributed by atoms with Crippen LogP contribution in [0, 0.1) is 5.82 Å². The third-order valence-electron chi connectivity index (χ3n) is 4.91. The number of anilines is 2. The molecule has 0 radical (unpaired) electrons. The molecule has 1 saturated heterocycles. The summed E-state index contributed by atoms with van der Waals surface area (Å²) < 4.78 is 20.9. The standard InChI is InChI=1S/C18H21FN6O/c1-24-16-7-12(19)3-4-15(16)23-18(24)21-9-13-8-14(26-2)10-25(13)17-5-6-20-11-22-17/h3-7,11,13-14H,8-10H2,1-2H3,(H,21,23)/t13-,14-/m1/s1. The minimum Gasteiger partial charge on any atom is -0.380 e. The van der Waals surface area contributed by atoms with Gasteiger partial charge in [-0.3, -0.25) is 0 Å². The Labute approximate surface area is 150 Å². The average molecular weight is 356 g/mol. The summed E-state index contributed by atoms with van der Waals surface area (Å²) in [6, 6.07) is 6.74. The van der Waals surface area contributed by atoms with Crippen molar-refractivity contribution in [1.29, 1.82) is 0 Å². The van der Waals surface area contributed by atoms with Gasteiger partial charge in [0.1, 0.15) is 18.0 Å². The van der Waals surface area contributed by atoms with E-state index >= 15 is 0 Å². The summed E-state index contributed by atoms with van der Waals surface area (Å²) in [7, 11) is 3.62. The molecular formula is C18H21FN6O. The molecule has 26 heavy (non-hydrogen) atoms. The summed E-state index contributed by atoms with van der Waals surface area (Å²) in [5, 5.41) is 3.40. The van der Waals surface area contributed by atoms with Gasteiger partial charge < -0.3 is 19.5 Å². The summed E-state index contributed by atoms with van der Waals surface area (Å²) in [6.07, 6.45) is 4.35. The number of aryl methyl sites for hydroxylation is 1. The Balaban J connectivity index is 1.53. The number of benzene rings is 1. The second kappa shape index (κ2) is 6.87. The van der Waals surface area contributed by atoms with E-state index in [1.54, 1.807) is 25.7 Å². The molecule has 1 aliphatic rings. The lowest BCUT2D eigenvalue weighted by atomic mass is 10.2. The molecule has 4 rings (SSSR count). The number of ether oxygens (including phenoxy) is 1. The summed E-state index contributed by atoms with van der Waals surface area (Å²) in [4.78, 5) is 15.1. The molecule has 2 aromatic heterocycles. The van der Waals surface area contributed by atoms with Crippen LogP contribution in [0.25, 0.3) is 11.0 Å². The number of halogens is 1. The van der Waals surface area contributed by atoms with Gasteiger partial charge in [-0.25, -0.2) is 19.3 Å². The van der Waals surface area contributed by atoms with Crippen molar-refractivity contribution in [2.24, 2.45) is 7.05 Å². The topological polar surface area (TPSA) is 68.1 Å². The monoisotopic (exact) mass is 356 g/mol. The third-order valence-corrected chi connectivity index (χ3v) is 4.91. The Kier molecular flexibility index (Phi) is 4.42. The van der Waals surface area contributed by atoms with Crippen LogP contribution in [0.2, 0.25) is 0 Å². The van der Waals surface area contributed by atoms with Gasteiger partial charge in [0.25, 0.3) is 0 Å². The molecule has 136 valence electrons. The fourth-order valence-electron chi connectivity index (χ4n) is 3.50. The van der Waals surface area contributed by atoms with Gasteiger partial charge in [-0.2, -0.15) is 0 Å². The number of nitrogens with one attached hydrogen (secondary N) is 1. The van der Waals surface area contributed by atoms with Crippen LogP contribution < -0.4 is 10.2 Å². The summed E-state index contributed by atoms with van der Waals surface area (Å²) in [6.45, 7) is 1.47. The van der Waals surface area contributed by atoms with Crippen molar-refractivity contribution in [3.63, 3.8) is 0 Å². The molecule has 1 aliphatic heterocycles. The fraction of sp³-hybridized carbons (Fsp3) is 0.389. The molecule has 3 aromatic rings. The molecule has 1 fully saturated rings. The quantitative estimate of drug-likeness (QED) is 0.756. The zero-order valence-electron chi connectivity index (χ0n) is 14.8. The molecular weight excluding hydrogens is 335 g/mol. The van der Waals surface area contributed by atoms with E-state index in [4.69, 9.17) is 4.74 Å². The van der Waals surface area contributed by atoms with E-state index in [9.17, 15) is 4.39 Å². The lowest BCUT2D eigenvalue weighted by Crippen LogP contribution is -2.36. The van der Waals surface area contributed by atoms with E-state index in [1.807, 2.05) is 17.7 Å². The first-order chi connectivity index (χ1) is 12.7. The van der Waals surface area contributed by atoms with Crippen molar-refractivity contribution in [3.05, 3.63) is 42.6 Å². The lowest BCUT2D eigenvalue weighted by molar-refractivity contribution is 0.118. The zero-order valence-corrected chi connectivity index (χ0v) is 14.8. The van der Waals surface area contributed by atoms with E-state index in [-0.39, 0.29) is 18.0 Å². The fourth-order valence-corrected chi connectivity index (χ4v) is 3.50. The van der Waals surface area contributed by atoms with Crippen LogP contribution in [-0.4, -0.2) is 51.9 Å². The Bertz CT molecular complexity index is 899. The second-order valence-electron chi connectivity index (χ2n) is 6.48. The Morgan fingerprint density at radius 1 is 1.35 bits per heavy atom. The van der Waals surface area contributed by atoms with Crippen LogP contribution in [-0.2, 0) is 11.8 Å². The minimum absolute atomic E-state index is 0.159. The molecule has 0 bridgehead atoms. The van der Waals surface area contributed by atoms with Gasteiger partial charge in [-0.15, -0.1) is 0 Å². The number of aromatic nitrogens is 4. The van der Waals surface area contributed by atoms with Crippen molar-refractivity contribution < 1.29 is 9.13 Å². The number of hydrogen-bond donors (Lipinski definition) is 1. The summed E-state index contributed by atoms with van der Waals surface area (Å²) in [5.41, 5.74) is 1.53. The SMILES string of the molecule is CO[C@@H]1C[C@H](CNc2nc3ccc(F)cc3n2C)N(c2ccncn2)C1. The Morgan fingerprint density at radius 3 is 3.00 bits per heavy atom. The van der Waals surface area contributed by atoms with Gasteiger partial charge in [-0.05, 0) is 30.7 Å². The first kappa shape index (κ1) is 16.7. The maximum absolute atomic E-state index is 13.5. The van der Waals surface area contributed by atoms with Crippen LogP contribution in [0.3, 0.4) is 0 Å². The van der Waals surface area contributed by atoms with Crippen molar-refractivity contribution in [3.8, 4) is 0 Å². The minimum atomic E-state index is -0.263. The Morgan fingerprint density at radius 2 is 2.23 bits per heavy atom. The summed E-state index contributed by atoms with van der Waals surface area (Å²) >= 11 is 0. The molecule has 0 unspecified atom stereocenters. The highest BCUT2D eigenvalue weighted by atomic mass is 19.1. The van der Waals surface area contributed by atoms with Crippen molar-refractivity contribution >= 4 is 22.8 Å².